The Morgan fingerprint density at radius 3 is 2.83 bits per heavy atom. The van der Waals surface area contributed by atoms with Crippen molar-refractivity contribution in [2.24, 2.45) is 5.92 Å². The maximum atomic E-state index is 13.1. The highest BCUT2D eigenvalue weighted by Crippen LogP contribution is 2.35. The summed E-state index contributed by atoms with van der Waals surface area (Å²) in [5.74, 6) is -2.16. The Morgan fingerprint density at radius 1 is 1.35 bits per heavy atom. The Labute approximate surface area is 130 Å². The molecule has 3 N–H and O–H groups in total. The van der Waals surface area contributed by atoms with Crippen molar-refractivity contribution in [2.75, 3.05) is 5.73 Å². The number of amides is 1. The molecule has 0 fully saturated rings. The summed E-state index contributed by atoms with van der Waals surface area (Å²) >= 11 is 0. The van der Waals surface area contributed by atoms with Gasteiger partial charge in [-0.15, -0.1) is 0 Å². The minimum Gasteiger partial charge on any atom is -0.399 e. The van der Waals surface area contributed by atoms with E-state index < -0.39 is 24.0 Å². The van der Waals surface area contributed by atoms with Crippen molar-refractivity contribution in [3.8, 4) is 0 Å². The smallest absolute Gasteiger partial charge is 0.394 e. The molecule has 0 unspecified atom stereocenters. The third-order valence-corrected chi connectivity index (χ3v) is 3.96. The molecular weight excluding hydrogens is 309 g/mol. The van der Waals surface area contributed by atoms with E-state index >= 15 is 0 Å². The van der Waals surface area contributed by atoms with Crippen molar-refractivity contribution >= 4 is 17.1 Å². The van der Waals surface area contributed by atoms with Gasteiger partial charge in [-0.3, -0.25) is 4.79 Å². The van der Waals surface area contributed by atoms with Crippen LogP contribution in [0.2, 0.25) is 0 Å². The molecule has 2 atom stereocenters. The molecule has 0 radical (unpaired) electrons. The molecule has 1 aliphatic rings. The molecule has 0 bridgehead atoms. The lowest BCUT2D eigenvalue weighted by Crippen LogP contribution is -2.46. The van der Waals surface area contributed by atoms with Gasteiger partial charge in [-0.2, -0.15) is 18.3 Å². The number of nitrogens with two attached hydrogens (primary N) is 1. The van der Waals surface area contributed by atoms with Crippen molar-refractivity contribution in [1.29, 1.82) is 0 Å². The largest absolute Gasteiger partial charge is 0.399 e. The second-order valence-electron chi connectivity index (χ2n) is 5.52. The van der Waals surface area contributed by atoms with Crippen molar-refractivity contribution in [3.63, 3.8) is 0 Å². The molecule has 1 amide bonds. The van der Waals surface area contributed by atoms with Crippen molar-refractivity contribution in [1.82, 2.24) is 14.9 Å². The first kappa shape index (κ1) is 15.4. The van der Waals surface area contributed by atoms with Gasteiger partial charge in [-0.1, -0.05) is 12.2 Å². The van der Waals surface area contributed by atoms with E-state index in [0.717, 1.165) is 0 Å². The third kappa shape index (κ3) is 3.01. The number of hydrogen-bond acceptors (Lipinski definition) is 3. The highest BCUT2D eigenvalue weighted by molar-refractivity contribution is 6.01. The Morgan fingerprint density at radius 2 is 2.09 bits per heavy atom. The molecule has 0 spiro atoms. The fourth-order valence-corrected chi connectivity index (χ4v) is 2.75. The van der Waals surface area contributed by atoms with Gasteiger partial charge in [0.05, 0.1) is 23.2 Å². The molecule has 8 heteroatoms. The van der Waals surface area contributed by atoms with Crippen LogP contribution in [0.5, 0.6) is 0 Å². The lowest BCUT2D eigenvalue weighted by Gasteiger charge is -2.30. The average molecular weight is 324 g/mol. The molecule has 122 valence electrons. The summed E-state index contributed by atoms with van der Waals surface area (Å²) in [4.78, 5) is 12.4. The van der Waals surface area contributed by atoms with Crippen LogP contribution in [0.15, 0.2) is 36.7 Å². The summed E-state index contributed by atoms with van der Waals surface area (Å²) in [5, 5.41) is 6.49. The number of rotatable bonds is 2. The van der Waals surface area contributed by atoms with E-state index in [9.17, 15) is 18.0 Å². The van der Waals surface area contributed by atoms with Crippen LogP contribution >= 0.6 is 0 Å². The molecule has 0 aliphatic heterocycles. The standard InChI is InChI=1S/C15H15F3N4O/c16-15(17,18)11-3-1-2-4-12(11)21-14(23)10-8-20-22-6-5-9(19)7-13(10)22/h1-2,5-8,11-12H,3-4,19H2,(H,21,23)/t11-,12-/m1/s1. The molecule has 0 saturated carbocycles. The summed E-state index contributed by atoms with van der Waals surface area (Å²) in [6, 6.07) is 2.19. The maximum Gasteiger partial charge on any atom is 0.394 e. The van der Waals surface area contributed by atoms with Gasteiger partial charge >= 0.3 is 6.18 Å². The summed E-state index contributed by atoms with van der Waals surface area (Å²) in [5.41, 5.74) is 6.79. The van der Waals surface area contributed by atoms with Gasteiger partial charge in [0.1, 0.15) is 0 Å². The molecule has 2 aromatic rings. The first-order valence-corrected chi connectivity index (χ1v) is 7.11. The lowest BCUT2D eigenvalue weighted by atomic mass is 9.88. The number of aromatic nitrogens is 2. The quantitative estimate of drug-likeness (QED) is 0.834. The van der Waals surface area contributed by atoms with E-state index in [-0.39, 0.29) is 18.4 Å². The lowest BCUT2D eigenvalue weighted by molar-refractivity contribution is -0.181. The van der Waals surface area contributed by atoms with Gasteiger partial charge in [-0.25, -0.2) is 4.52 Å². The Balaban J connectivity index is 1.85. The first-order chi connectivity index (χ1) is 10.9. The average Bonchev–Trinajstić information content (AvgIpc) is 2.89. The van der Waals surface area contributed by atoms with E-state index in [1.54, 1.807) is 24.4 Å². The van der Waals surface area contributed by atoms with Gasteiger partial charge < -0.3 is 11.1 Å². The number of hydrogen-bond donors (Lipinski definition) is 2. The van der Waals surface area contributed by atoms with Crippen molar-refractivity contribution in [3.05, 3.63) is 42.2 Å². The SMILES string of the molecule is Nc1ccn2ncc(C(=O)N[C@@H]3CC=CC[C@H]3C(F)(F)F)c2c1. The molecule has 0 aromatic carbocycles. The summed E-state index contributed by atoms with van der Waals surface area (Å²) in [6.07, 6.45) is 1.73. The monoisotopic (exact) mass is 324 g/mol. The van der Waals surface area contributed by atoms with E-state index in [0.29, 0.717) is 11.2 Å². The van der Waals surface area contributed by atoms with Crippen LogP contribution in [0, 0.1) is 5.92 Å². The van der Waals surface area contributed by atoms with Crippen LogP contribution in [0.4, 0.5) is 18.9 Å². The highest BCUT2D eigenvalue weighted by atomic mass is 19.4. The number of halogens is 3. The van der Waals surface area contributed by atoms with Crippen molar-refractivity contribution < 1.29 is 18.0 Å². The number of carbonyl (C=O) groups is 1. The maximum absolute atomic E-state index is 13.1. The van der Waals surface area contributed by atoms with Crippen LogP contribution in [0.1, 0.15) is 23.2 Å². The van der Waals surface area contributed by atoms with Gasteiger partial charge in [0, 0.05) is 17.9 Å². The van der Waals surface area contributed by atoms with E-state index in [2.05, 4.69) is 10.4 Å². The van der Waals surface area contributed by atoms with Crippen LogP contribution in [0.25, 0.3) is 5.52 Å². The predicted octanol–water partition coefficient (Wildman–Crippen LogP) is 2.54. The van der Waals surface area contributed by atoms with Gasteiger partial charge in [-0.05, 0) is 25.0 Å². The minimum absolute atomic E-state index is 0.129. The Kier molecular flexibility index (Phi) is 3.75. The molecule has 5 nitrogen and oxygen atoms in total. The number of carbonyl (C=O) groups excluding carboxylic acids is 1. The zero-order chi connectivity index (χ0) is 16.6. The molecule has 1 aliphatic carbocycles. The second-order valence-corrected chi connectivity index (χ2v) is 5.52. The first-order valence-electron chi connectivity index (χ1n) is 7.11. The van der Waals surface area contributed by atoms with Crippen LogP contribution in [0.3, 0.4) is 0 Å². The topological polar surface area (TPSA) is 72.4 Å². The van der Waals surface area contributed by atoms with E-state index in [1.165, 1.54) is 16.8 Å². The fraction of sp³-hybridized carbons (Fsp3) is 0.333. The summed E-state index contributed by atoms with van der Waals surface area (Å²) in [6.45, 7) is 0. The van der Waals surface area contributed by atoms with Crippen LogP contribution in [-0.2, 0) is 0 Å². The van der Waals surface area contributed by atoms with Crippen LogP contribution < -0.4 is 11.1 Å². The number of alkyl halides is 3. The zero-order valence-electron chi connectivity index (χ0n) is 12.0. The third-order valence-electron chi connectivity index (χ3n) is 3.96. The van der Waals surface area contributed by atoms with Gasteiger partial charge in [0.15, 0.2) is 0 Å². The van der Waals surface area contributed by atoms with Gasteiger partial charge in [0.25, 0.3) is 5.91 Å². The number of allylic oxidation sites excluding steroid dienone is 1. The number of nitrogen functional groups attached to an aromatic ring is 1. The normalized spacial score (nSPS) is 21.5. The second kappa shape index (κ2) is 5.60. The summed E-state index contributed by atoms with van der Waals surface area (Å²) in [7, 11) is 0. The van der Waals surface area contributed by atoms with Crippen LogP contribution in [-0.4, -0.2) is 27.7 Å². The summed E-state index contributed by atoms with van der Waals surface area (Å²) < 4.78 is 40.7. The number of nitrogens with zero attached hydrogens (tertiary/aromatic N) is 2. The minimum atomic E-state index is -4.35. The molecule has 2 heterocycles. The highest BCUT2D eigenvalue weighted by Gasteiger charge is 2.45. The molecular formula is C15H15F3N4O. The molecule has 23 heavy (non-hydrogen) atoms. The molecule has 2 aromatic heterocycles. The Bertz CT molecular complexity index is 766. The number of fused-ring (bicyclic) bond motifs is 1. The zero-order valence-corrected chi connectivity index (χ0v) is 12.0. The molecule has 0 saturated heterocycles. The number of anilines is 1. The van der Waals surface area contributed by atoms with Gasteiger partial charge in [0.2, 0.25) is 0 Å². The number of pyridine rings is 1. The van der Waals surface area contributed by atoms with E-state index in [4.69, 9.17) is 5.73 Å². The van der Waals surface area contributed by atoms with Crippen molar-refractivity contribution in [2.45, 2.75) is 25.1 Å². The molecule has 3 rings (SSSR count). The predicted molar refractivity (Wildman–Crippen MR) is 78.8 cm³/mol. The number of nitrogens with one attached hydrogen (secondary N) is 1. The van der Waals surface area contributed by atoms with E-state index in [1.807, 2.05) is 0 Å². The Hall–Kier alpha value is -2.51. The fourth-order valence-electron chi connectivity index (χ4n) is 2.75.